The molecule has 1 amide bonds. The monoisotopic (exact) mass is 296 g/mol. The molecule has 122 valence electrons. The highest BCUT2D eigenvalue weighted by Crippen LogP contribution is 2.54. The quantitative estimate of drug-likeness (QED) is 0.833. The predicted molar refractivity (Wildman–Crippen MR) is 85.1 cm³/mol. The number of rotatable bonds is 4. The van der Waals surface area contributed by atoms with Gasteiger partial charge in [-0.05, 0) is 83.6 Å². The number of carbonyl (C=O) groups is 1. The molecule has 0 heterocycles. The van der Waals surface area contributed by atoms with Gasteiger partial charge in [0.2, 0.25) is 0 Å². The molecule has 2 fully saturated rings. The minimum absolute atomic E-state index is 0.272. The van der Waals surface area contributed by atoms with Gasteiger partial charge in [0, 0.05) is 6.04 Å². The fourth-order valence-electron chi connectivity index (χ4n) is 4.11. The topological polar surface area (TPSA) is 64.3 Å². The summed E-state index contributed by atoms with van der Waals surface area (Å²) in [5.74, 6) is 0.812. The molecule has 0 saturated heterocycles. The molecule has 4 nitrogen and oxygen atoms in total. The molecule has 0 radical (unpaired) electrons. The van der Waals surface area contributed by atoms with Crippen LogP contribution in [-0.4, -0.2) is 24.3 Å². The van der Waals surface area contributed by atoms with E-state index in [1.807, 2.05) is 20.8 Å². The molecular formula is C17H32N2O2. The van der Waals surface area contributed by atoms with Gasteiger partial charge in [0.1, 0.15) is 5.60 Å². The summed E-state index contributed by atoms with van der Waals surface area (Å²) in [5.41, 5.74) is 5.92. The van der Waals surface area contributed by atoms with E-state index in [4.69, 9.17) is 10.5 Å². The van der Waals surface area contributed by atoms with Crippen molar-refractivity contribution in [2.24, 2.45) is 17.1 Å². The lowest BCUT2D eigenvalue weighted by Gasteiger charge is -2.50. The van der Waals surface area contributed by atoms with Gasteiger partial charge in [-0.1, -0.05) is 6.42 Å². The zero-order valence-corrected chi connectivity index (χ0v) is 13.9. The SMILES string of the molecule is CC(C)(C)OC(=O)NC1CCC(C2(CCN)CCC2)CC1. The van der Waals surface area contributed by atoms with Gasteiger partial charge in [0.05, 0.1) is 0 Å². The van der Waals surface area contributed by atoms with E-state index in [0.717, 1.165) is 25.3 Å². The highest BCUT2D eigenvalue weighted by atomic mass is 16.6. The summed E-state index contributed by atoms with van der Waals surface area (Å²) in [6, 6.07) is 0.283. The summed E-state index contributed by atoms with van der Waals surface area (Å²) < 4.78 is 5.34. The molecule has 2 rings (SSSR count). The van der Waals surface area contributed by atoms with Crippen molar-refractivity contribution in [2.45, 2.75) is 83.8 Å². The second-order valence-electron chi connectivity index (χ2n) is 7.95. The predicted octanol–water partition coefficient (Wildman–Crippen LogP) is 3.59. The lowest BCUT2D eigenvalue weighted by molar-refractivity contribution is 0.0116. The van der Waals surface area contributed by atoms with Crippen LogP contribution < -0.4 is 11.1 Å². The normalized spacial score (nSPS) is 28.6. The summed E-state index contributed by atoms with van der Waals surface area (Å²) in [7, 11) is 0. The van der Waals surface area contributed by atoms with E-state index in [-0.39, 0.29) is 12.1 Å². The molecular weight excluding hydrogens is 264 g/mol. The average molecular weight is 296 g/mol. The Morgan fingerprint density at radius 2 is 1.86 bits per heavy atom. The minimum Gasteiger partial charge on any atom is -0.444 e. The van der Waals surface area contributed by atoms with E-state index >= 15 is 0 Å². The minimum atomic E-state index is -0.418. The molecule has 0 bridgehead atoms. The molecule has 2 saturated carbocycles. The van der Waals surface area contributed by atoms with Gasteiger partial charge in [0.15, 0.2) is 0 Å². The Morgan fingerprint density at radius 3 is 2.29 bits per heavy atom. The summed E-state index contributed by atoms with van der Waals surface area (Å²) >= 11 is 0. The largest absolute Gasteiger partial charge is 0.444 e. The zero-order chi connectivity index (χ0) is 15.5. The molecule has 2 aliphatic rings. The zero-order valence-electron chi connectivity index (χ0n) is 13.9. The number of nitrogens with one attached hydrogen (secondary N) is 1. The molecule has 0 aliphatic heterocycles. The van der Waals surface area contributed by atoms with E-state index in [0.29, 0.717) is 5.41 Å². The Bertz CT molecular complexity index is 350. The molecule has 0 aromatic carbocycles. The van der Waals surface area contributed by atoms with Gasteiger partial charge in [-0.25, -0.2) is 4.79 Å². The third-order valence-corrected chi connectivity index (χ3v) is 5.31. The summed E-state index contributed by atoms with van der Waals surface area (Å²) in [6.45, 7) is 6.51. The van der Waals surface area contributed by atoms with E-state index in [2.05, 4.69) is 5.32 Å². The van der Waals surface area contributed by atoms with Crippen LogP contribution in [0.15, 0.2) is 0 Å². The van der Waals surface area contributed by atoms with Crippen LogP contribution in [0.3, 0.4) is 0 Å². The Hall–Kier alpha value is -0.770. The fourth-order valence-corrected chi connectivity index (χ4v) is 4.11. The maximum absolute atomic E-state index is 11.8. The maximum atomic E-state index is 11.8. The molecule has 0 atom stereocenters. The van der Waals surface area contributed by atoms with Crippen molar-refractivity contribution in [1.29, 1.82) is 0 Å². The van der Waals surface area contributed by atoms with Gasteiger partial charge in [-0.2, -0.15) is 0 Å². The molecule has 4 heteroatoms. The summed E-state index contributed by atoms with van der Waals surface area (Å²) in [5, 5.41) is 3.03. The van der Waals surface area contributed by atoms with Gasteiger partial charge in [-0.15, -0.1) is 0 Å². The number of alkyl carbamates (subject to hydrolysis) is 1. The van der Waals surface area contributed by atoms with Gasteiger partial charge >= 0.3 is 6.09 Å². The Balaban J connectivity index is 1.77. The van der Waals surface area contributed by atoms with E-state index in [1.165, 1.54) is 38.5 Å². The van der Waals surface area contributed by atoms with Crippen molar-refractivity contribution < 1.29 is 9.53 Å². The first-order chi connectivity index (χ1) is 9.85. The van der Waals surface area contributed by atoms with Crippen LogP contribution in [0, 0.1) is 11.3 Å². The molecule has 2 aliphatic carbocycles. The summed E-state index contributed by atoms with van der Waals surface area (Å²) in [6.07, 6.45) is 9.61. The first kappa shape index (κ1) is 16.6. The number of hydrogen-bond acceptors (Lipinski definition) is 3. The van der Waals surface area contributed by atoms with Crippen molar-refractivity contribution in [1.82, 2.24) is 5.32 Å². The van der Waals surface area contributed by atoms with Crippen LogP contribution in [0.2, 0.25) is 0 Å². The molecule has 0 spiro atoms. The number of ether oxygens (including phenoxy) is 1. The number of hydrogen-bond donors (Lipinski definition) is 2. The van der Waals surface area contributed by atoms with Gasteiger partial charge < -0.3 is 15.8 Å². The van der Waals surface area contributed by atoms with E-state index in [9.17, 15) is 4.79 Å². The average Bonchev–Trinajstić information content (AvgIpc) is 2.32. The van der Waals surface area contributed by atoms with Crippen LogP contribution in [-0.2, 0) is 4.74 Å². The molecule has 0 aromatic rings. The number of nitrogens with two attached hydrogens (primary N) is 1. The van der Waals surface area contributed by atoms with Gasteiger partial charge in [0.25, 0.3) is 0 Å². The molecule has 3 N–H and O–H groups in total. The van der Waals surface area contributed by atoms with E-state index < -0.39 is 5.60 Å². The van der Waals surface area contributed by atoms with Gasteiger partial charge in [-0.3, -0.25) is 0 Å². The van der Waals surface area contributed by atoms with Crippen molar-refractivity contribution >= 4 is 6.09 Å². The first-order valence-electron chi connectivity index (χ1n) is 8.54. The van der Waals surface area contributed by atoms with Crippen LogP contribution in [0.1, 0.15) is 72.1 Å². The Kier molecular flexibility index (Phi) is 5.18. The Labute approximate surface area is 129 Å². The second kappa shape index (κ2) is 6.55. The van der Waals surface area contributed by atoms with Crippen LogP contribution in [0.25, 0.3) is 0 Å². The lowest BCUT2D eigenvalue weighted by Crippen LogP contribution is -2.45. The van der Waals surface area contributed by atoms with Crippen molar-refractivity contribution in [3.8, 4) is 0 Å². The fraction of sp³-hybridized carbons (Fsp3) is 0.941. The third-order valence-electron chi connectivity index (χ3n) is 5.31. The van der Waals surface area contributed by atoms with E-state index in [1.54, 1.807) is 0 Å². The van der Waals surface area contributed by atoms with Crippen LogP contribution in [0.4, 0.5) is 4.79 Å². The highest BCUT2D eigenvalue weighted by molar-refractivity contribution is 5.68. The summed E-state index contributed by atoms with van der Waals surface area (Å²) in [4.78, 5) is 11.8. The second-order valence-corrected chi connectivity index (χ2v) is 7.95. The van der Waals surface area contributed by atoms with Crippen molar-refractivity contribution in [3.63, 3.8) is 0 Å². The highest BCUT2D eigenvalue weighted by Gasteiger charge is 2.44. The number of amides is 1. The molecule has 21 heavy (non-hydrogen) atoms. The van der Waals surface area contributed by atoms with Crippen LogP contribution in [0.5, 0.6) is 0 Å². The Morgan fingerprint density at radius 1 is 1.24 bits per heavy atom. The molecule has 0 unspecified atom stereocenters. The van der Waals surface area contributed by atoms with Crippen molar-refractivity contribution in [3.05, 3.63) is 0 Å². The third kappa shape index (κ3) is 4.35. The standard InChI is InChI=1S/C17H32N2O2/c1-16(2,3)21-15(20)19-14-7-5-13(6-8-14)17(11-12-18)9-4-10-17/h13-14H,4-12,18H2,1-3H3,(H,19,20). The molecule has 0 aromatic heterocycles. The maximum Gasteiger partial charge on any atom is 0.407 e. The lowest BCUT2D eigenvalue weighted by atomic mass is 9.56. The number of carbonyl (C=O) groups excluding carboxylic acids is 1. The van der Waals surface area contributed by atoms with Crippen molar-refractivity contribution in [2.75, 3.05) is 6.54 Å². The first-order valence-corrected chi connectivity index (χ1v) is 8.54. The smallest absolute Gasteiger partial charge is 0.407 e. The van der Waals surface area contributed by atoms with Crippen LogP contribution >= 0.6 is 0 Å².